The number of nitrogens with zero attached hydrogens (tertiary/aromatic N) is 6. The summed E-state index contributed by atoms with van der Waals surface area (Å²) in [5, 5.41) is 11.4. The quantitative estimate of drug-likeness (QED) is 0.413. The lowest BCUT2D eigenvalue weighted by molar-refractivity contribution is 0.311. The van der Waals surface area contributed by atoms with E-state index in [4.69, 9.17) is 14.7 Å². The third-order valence-corrected chi connectivity index (χ3v) is 6.43. The van der Waals surface area contributed by atoms with Gasteiger partial charge in [0.05, 0.1) is 12.8 Å². The SMILES string of the molecule is COc1ccc(-c2cc(Nc3nc(Sc4ccccc4)nc(N4CCN(C)CC4)n3)n[nH]2)cc1. The summed E-state index contributed by atoms with van der Waals surface area (Å²) in [7, 11) is 3.79. The van der Waals surface area contributed by atoms with Crippen LogP contribution in [0.3, 0.4) is 0 Å². The van der Waals surface area contributed by atoms with Gasteiger partial charge in [-0.2, -0.15) is 20.1 Å². The van der Waals surface area contributed by atoms with Crippen LogP contribution in [0, 0.1) is 0 Å². The van der Waals surface area contributed by atoms with Gasteiger partial charge in [-0.3, -0.25) is 5.10 Å². The molecule has 0 atom stereocenters. The van der Waals surface area contributed by atoms with E-state index in [0.717, 1.165) is 48.1 Å². The van der Waals surface area contributed by atoms with Crippen molar-refractivity contribution >= 4 is 29.5 Å². The third kappa shape index (κ3) is 5.29. The molecule has 0 spiro atoms. The average Bonchev–Trinajstić information content (AvgIpc) is 3.33. The highest BCUT2D eigenvalue weighted by atomic mass is 32.2. The molecule has 0 radical (unpaired) electrons. The first-order valence-corrected chi connectivity index (χ1v) is 11.9. The number of aromatic amines is 1. The maximum Gasteiger partial charge on any atom is 0.234 e. The number of anilines is 3. The normalized spacial score (nSPS) is 14.2. The number of ether oxygens (including phenoxy) is 1. The Morgan fingerprint density at radius 2 is 1.71 bits per heavy atom. The monoisotopic (exact) mass is 474 g/mol. The fourth-order valence-electron chi connectivity index (χ4n) is 3.61. The molecule has 5 rings (SSSR count). The summed E-state index contributed by atoms with van der Waals surface area (Å²) in [4.78, 5) is 19.7. The van der Waals surface area contributed by atoms with Gasteiger partial charge in [-0.05, 0) is 60.8 Å². The summed E-state index contributed by atoms with van der Waals surface area (Å²) < 4.78 is 5.24. The Bertz CT molecular complexity index is 1220. The smallest absolute Gasteiger partial charge is 0.234 e. The molecule has 9 nitrogen and oxygen atoms in total. The summed E-state index contributed by atoms with van der Waals surface area (Å²) >= 11 is 1.52. The molecule has 0 amide bonds. The molecule has 34 heavy (non-hydrogen) atoms. The minimum absolute atomic E-state index is 0.468. The van der Waals surface area contributed by atoms with Crippen LogP contribution in [0.4, 0.5) is 17.7 Å². The molecular formula is C24H26N8OS. The molecule has 2 N–H and O–H groups in total. The molecule has 1 aliphatic heterocycles. The van der Waals surface area contributed by atoms with E-state index < -0.39 is 0 Å². The highest BCUT2D eigenvalue weighted by Gasteiger charge is 2.19. The predicted molar refractivity (Wildman–Crippen MR) is 134 cm³/mol. The van der Waals surface area contributed by atoms with Crippen molar-refractivity contribution in [1.82, 2.24) is 30.0 Å². The largest absolute Gasteiger partial charge is 0.497 e. The van der Waals surface area contributed by atoms with Crippen LogP contribution in [0.2, 0.25) is 0 Å². The van der Waals surface area contributed by atoms with Gasteiger partial charge in [-0.1, -0.05) is 18.2 Å². The van der Waals surface area contributed by atoms with E-state index in [-0.39, 0.29) is 0 Å². The maximum absolute atomic E-state index is 5.24. The first kappa shape index (κ1) is 22.2. The fourth-order valence-corrected chi connectivity index (χ4v) is 4.37. The Morgan fingerprint density at radius 3 is 2.44 bits per heavy atom. The van der Waals surface area contributed by atoms with Crippen molar-refractivity contribution < 1.29 is 4.74 Å². The molecule has 2 aromatic carbocycles. The molecule has 0 aliphatic carbocycles. The van der Waals surface area contributed by atoms with E-state index in [0.29, 0.717) is 22.9 Å². The van der Waals surface area contributed by atoms with Crippen LogP contribution in [0.5, 0.6) is 5.75 Å². The van der Waals surface area contributed by atoms with Crippen LogP contribution in [0.1, 0.15) is 0 Å². The molecule has 3 heterocycles. The highest BCUT2D eigenvalue weighted by molar-refractivity contribution is 7.99. The van der Waals surface area contributed by atoms with Crippen molar-refractivity contribution in [3.05, 3.63) is 60.7 Å². The number of piperazine rings is 1. The standard InChI is InChI=1S/C24H26N8OS/c1-31-12-14-32(15-13-31)23-26-22(27-24(28-23)34-19-6-4-3-5-7-19)25-21-16-20(29-30-21)17-8-10-18(33-2)11-9-17/h3-11,16H,12-15H2,1-2H3,(H2,25,26,27,28,29,30). The summed E-state index contributed by atoms with van der Waals surface area (Å²) in [5.74, 6) is 2.59. The van der Waals surface area contributed by atoms with E-state index in [9.17, 15) is 0 Å². The molecule has 174 valence electrons. The number of nitrogens with one attached hydrogen (secondary N) is 2. The Kier molecular flexibility index (Phi) is 6.59. The minimum atomic E-state index is 0.468. The fraction of sp³-hybridized carbons (Fsp3) is 0.250. The van der Waals surface area contributed by atoms with Gasteiger partial charge in [-0.25, -0.2) is 0 Å². The van der Waals surface area contributed by atoms with Gasteiger partial charge in [0.2, 0.25) is 11.9 Å². The lowest BCUT2D eigenvalue weighted by Crippen LogP contribution is -2.45. The summed E-state index contributed by atoms with van der Waals surface area (Å²) in [6.07, 6.45) is 0. The lowest BCUT2D eigenvalue weighted by Gasteiger charge is -2.32. The first-order chi connectivity index (χ1) is 16.7. The zero-order valence-corrected chi connectivity index (χ0v) is 19.9. The van der Waals surface area contributed by atoms with E-state index >= 15 is 0 Å². The molecule has 2 aromatic heterocycles. The van der Waals surface area contributed by atoms with Crippen LogP contribution in [0.15, 0.2) is 70.7 Å². The number of benzene rings is 2. The minimum Gasteiger partial charge on any atom is -0.497 e. The van der Waals surface area contributed by atoms with Crippen molar-refractivity contribution in [2.75, 3.05) is 50.6 Å². The molecule has 0 unspecified atom stereocenters. The Hall–Kier alpha value is -3.63. The van der Waals surface area contributed by atoms with Crippen LogP contribution in [0.25, 0.3) is 11.3 Å². The molecule has 1 fully saturated rings. The van der Waals surface area contributed by atoms with Gasteiger partial charge in [-0.15, -0.1) is 0 Å². The molecule has 0 saturated carbocycles. The van der Waals surface area contributed by atoms with E-state index in [1.165, 1.54) is 11.8 Å². The van der Waals surface area contributed by atoms with Gasteiger partial charge in [0.15, 0.2) is 11.0 Å². The molecular weight excluding hydrogens is 448 g/mol. The van der Waals surface area contributed by atoms with Crippen LogP contribution in [-0.4, -0.2) is 70.4 Å². The number of H-pyrrole nitrogens is 1. The van der Waals surface area contributed by atoms with Gasteiger partial charge in [0.25, 0.3) is 0 Å². The van der Waals surface area contributed by atoms with Crippen molar-refractivity contribution in [3.8, 4) is 17.0 Å². The number of aromatic nitrogens is 5. The summed E-state index contributed by atoms with van der Waals surface area (Å²) in [6.45, 7) is 3.69. The average molecular weight is 475 g/mol. The molecule has 10 heteroatoms. The van der Waals surface area contributed by atoms with Gasteiger partial charge in [0, 0.05) is 37.1 Å². The summed E-state index contributed by atoms with van der Waals surface area (Å²) in [5.41, 5.74) is 1.90. The lowest BCUT2D eigenvalue weighted by atomic mass is 10.1. The van der Waals surface area contributed by atoms with Crippen LogP contribution >= 0.6 is 11.8 Å². The van der Waals surface area contributed by atoms with Gasteiger partial charge >= 0.3 is 0 Å². The van der Waals surface area contributed by atoms with E-state index in [2.05, 4.69) is 37.3 Å². The van der Waals surface area contributed by atoms with Gasteiger partial charge in [0.1, 0.15) is 5.75 Å². The first-order valence-electron chi connectivity index (χ1n) is 11.1. The second-order valence-electron chi connectivity index (χ2n) is 7.97. The third-order valence-electron chi connectivity index (χ3n) is 5.56. The van der Waals surface area contributed by atoms with Crippen LogP contribution < -0.4 is 15.0 Å². The number of rotatable bonds is 7. The molecule has 4 aromatic rings. The molecule has 0 bridgehead atoms. The van der Waals surface area contributed by atoms with Crippen molar-refractivity contribution in [2.45, 2.75) is 10.1 Å². The Morgan fingerprint density at radius 1 is 0.941 bits per heavy atom. The molecule has 1 aliphatic rings. The zero-order chi connectivity index (χ0) is 23.3. The Balaban J connectivity index is 1.40. The predicted octanol–water partition coefficient (Wildman–Crippen LogP) is 3.92. The summed E-state index contributed by atoms with van der Waals surface area (Å²) in [6, 6.07) is 19.9. The van der Waals surface area contributed by atoms with E-state index in [1.54, 1.807) is 7.11 Å². The zero-order valence-electron chi connectivity index (χ0n) is 19.1. The number of methoxy groups -OCH3 is 1. The number of likely N-dealkylation sites (N-methyl/N-ethyl adjacent to an activating group) is 1. The molecule has 1 saturated heterocycles. The van der Waals surface area contributed by atoms with Gasteiger partial charge < -0.3 is 19.9 Å². The van der Waals surface area contributed by atoms with Crippen molar-refractivity contribution in [2.24, 2.45) is 0 Å². The second kappa shape index (κ2) is 10.1. The maximum atomic E-state index is 5.24. The Labute approximate surface area is 202 Å². The van der Waals surface area contributed by atoms with Crippen molar-refractivity contribution in [1.29, 1.82) is 0 Å². The number of hydrogen-bond acceptors (Lipinski definition) is 9. The topological polar surface area (TPSA) is 95.1 Å². The van der Waals surface area contributed by atoms with Crippen molar-refractivity contribution in [3.63, 3.8) is 0 Å². The number of hydrogen-bond donors (Lipinski definition) is 2. The second-order valence-corrected chi connectivity index (χ2v) is 9.01. The van der Waals surface area contributed by atoms with E-state index in [1.807, 2.05) is 60.7 Å². The van der Waals surface area contributed by atoms with Crippen LogP contribution in [-0.2, 0) is 0 Å². The highest BCUT2D eigenvalue weighted by Crippen LogP contribution is 2.28.